The molecule has 1 aliphatic rings. The van der Waals surface area contributed by atoms with Crippen molar-refractivity contribution in [1.29, 1.82) is 0 Å². The Balaban J connectivity index is 2.11. The van der Waals surface area contributed by atoms with E-state index in [0.717, 1.165) is 35.1 Å². The Morgan fingerprint density at radius 1 is 1.16 bits per heavy atom. The topological polar surface area (TPSA) is 57.5 Å². The fourth-order valence-corrected chi connectivity index (χ4v) is 2.68. The van der Waals surface area contributed by atoms with E-state index in [-0.39, 0.29) is 6.10 Å². The second-order valence-electron chi connectivity index (χ2n) is 4.82. The number of fused-ring (bicyclic) bond motifs is 1. The largest absolute Gasteiger partial charge is 0.478 e. The summed E-state index contributed by atoms with van der Waals surface area (Å²) in [6, 6.07) is 12.8. The minimum Gasteiger partial charge on any atom is -0.478 e. The molecule has 0 spiro atoms. The van der Waals surface area contributed by atoms with Crippen molar-refractivity contribution in [3.63, 3.8) is 0 Å². The number of aliphatic hydroxyl groups is 1. The Hall–Kier alpha value is -2.13. The Morgan fingerprint density at radius 3 is 2.74 bits per heavy atom. The standard InChI is InChI=1S/C16H14O3/c17-15-8-6-11-9-10(5-7-13(11)15)12-3-1-2-4-14(12)16(18)19/h1-5,7,9,15,17H,6,8H2,(H,18,19). The van der Waals surface area contributed by atoms with Gasteiger partial charge >= 0.3 is 5.97 Å². The molecule has 3 rings (SSSR count). The average Bonchev–Trinajstić information content (AvgIpc) is 2.80. The summed E-state index contributed by atoms with van der Waals surface area (Å²) in [5.74, 6) is -0.920. The summed E-state index contributed by atoms with van der Waals surface area (Å²) in [4.78, 5) is 11.2. The number of aryl methyl sites for hydroxylation is 1. The number of benzene rings is 2. The van der Waals surface area contributed by atoms with Gasteiger partial charge in [0.25, 0.3) is 0 Å². The van der Waals surface area contributed by atoms with Gasteiger partial charge in [0.1, 0.15) is 0 Å². The predicted octanol–water partition coefficient (Wildman–Crippen LogP) is 3.03. The van der Waals surface area contributed by atoms with Gasteiger partial charge in [-0.25, -0.2) is 4.79 Å². The summed E-state index contributed by atoms with van der Waals surface area (Å²) in [6.45, 7) is 0. The molecule has 2 aromatic carbocycles. The summed E-state index contributed by atoms with van der Waals surface area (Å²) in [5.41, 5.74) is 4.01. The molecule has 0 saturated carbocycles. The summed E-state index contributed by atoms with van der Waals surface area (Å²) < 4.78 is 0. The molecule has 2 aromatic rings. The van der Waals surface area contributed by atoms with E-state index in [0.29, 0.717) is 5.56 Å². The zero-order chi connectivity index (χ0) is 13.4. The molecule has 19 heavy (non-hydrogen) atoms. The highest BCUT2D eigenvalue weighted by molar-refractivity contribution is 5.96. The molecule has 0 aromatic heterocycles. The molecule has 0 radical (unpaired) electrons. The van der Waals surface area contributed by atoms with E-state index in [9.17, 15) is 15.0 Å². The van der Waals surface area contributed by atoms with Crippen molar-refractivity contribution in [3.05, 3.63) is 59.2 Å². The third-order valence-corrected chi connectivity index (χ3v) is 3.66. The number of aliphatic hydroxyl groups excluding tert-OH is 1. The summed E-state index contributed by atoms with van der Waals surface area (Å²) >= 11 is 0. The van der Waals surface area contributed by atoms with Crippen LogP contribution >= 0.6 is 0 Å². The highest BCUT2D eigenvalue weighted by Gasteiger charge is 2.21. The first-order valence-electron chi connectivity index (χ1n) is 6.30. The summed E-state index contributed by atoms with van der Waals surface area (Å²) in [6.07, 6.45) is 1.22. The maximum atomic E-state index is 11.2. The zero-order valence-corrected chi connectivity index (χ0v) is 10.3. The van der Waals surface area contributed by atoms with Crippen LogP contribution in [0.25, 0.3) is 11.1 Å². The van der Waals surface area contributed by atoms with Gasteiger partial charge in [-0.05, 0) is 41.2 Å². The maximum absolute atomic E-state index is 11.2. The lowest BCUT2D eigenvalue weighted by molar-refractivity contribution is 0.0697. The third kappa shape index (κ3) is 2.02. The number of rotatable bonds is 2. The van der Waals surface area contributed by atoms with Crippen LogP contribution in [0.15, 0.2) is 42.5 Å². The number of carbonyl (C=O) groups is 1. The molecule has 0 saturated heterocycles. The molecule has 3 nitrogen and oxygen atoms in total. The van der Waals surface area contributed by atoms with Gasteiger partial charge in [0.15, 0.2) is 0 Å². The van der Waals surface area contributed by atoms with Crippen LogP contribution < -0.4 is 0 Å². The van der Waals surface area contributed by atoms with Gasteiger partial charge in [0, 0.05) is 0 Å². The smallest absolute Gasteiger partial charge is 0.336 e. The lowest BCUT2D eigenvalue weighted by atomic mass is 9.96. The molecule has 0 bridgehead atoms. The Bertz CT molecular complexity index is 646. The SMILES string of the molecule is O=C(O)c1ccccc1-c1ccc2c(c1)CCC2O. The molecule has 1 aliphatic carbocycles. The first-order valence-corrected chi connectivity index (χ1v) is 6.30. The number of hydrogen-bond donors (Lipinski definition) is 2. The second kappa shape index (κ2) is 4.52. The normalized spacial score (nSPS) is 17.2. The quantitative estimate of drug-likeness (QED) is 0.866. The van der Waals surface area contributed by atoms with Crippen LogP contribution in [0.1, 0.15) is 34.0 Å². The van der Waals surface area contributed by atoms with E-state index < -0.39 is 5.97 Å². The van der Waals surface area contributed by atoms with Gasteiger partial charge in [0.05, 0.1) is 11.7 Å². The first kappa shape index (κ1) is 11.9. The lowest BCUT2D eigenvalue weighted by Gasteiger charge is -2.09. The molecule has 0 fully saturated rings. The summed E-state index contributed by atoms with van der Waals surface area (Å²) in [7, 11) is 0. The fraction of sp³-hybridized carbons (Fsp3) is 0.188. The minimum atomic E-state index is -0.920. The molecule has 0 amide bonds. The van der Waals surface area contributed by atoms with Crippen LogP contribution in [0.3, 0.4) is 0 Å². The predicted molar refractivity (Wildman–Crippen MR) is 72.1 cm³/mol. The van der Waals surface area contributed by atoms with Crippen LogP contribution in [0.2, 0.25) is 0 Å². The van der Waals surface area contributed by atoms with E-state index in [4.69, 9.17) is 0 Å². The fourth-order valence-electron chi connectivity index (χ4n) is 2.68. The average molecular weight is 254 g/mol. The molecule has 2 N–H and O–H groups in total. The molecule has 0 heterocycles. The van der Waals surface area contributed by atoms with Gasteiger partial charge < -0.3 is 10.2 Å². The zero-order valence-electron chi connectivity index (χ0n) is 10.3. The van der Waals surface area contributed by atoms with E-state index in [1.165, 1.54) is 0 Å². The van der Waals surface area contributed by atoms with Gasteiger partial charge in [-0.2, -0.15) is 0 Å². The molecular formula is C16H14O3. The molecule has 1 atom stereocenters. The number of aromatic carboxylic acids is 1. The van der Waals surface area contributed by atoms with Gasteiger partial charge in [-0.1, -0.05) is 36.4 Å². The van der Waals surface area contributed by atoms with Gasteiger partial charge in [-0.3, -0.25) is 0 Å². The summed E-state index contributed by atoms with van der Waals surface area (Å²) in [5, 5.41) is 19.0. The van der Waals surface area contributed by atoms with Crippen LogP contribution in [-0.4, -0.2) is 16.2 Å². The van der Waals surface area contributed by atoms with Crippen molar-refractivity contribution in [1.82, 2.24) is 0 Å². The van der Waals surface area contributed by atoms with Crippen molar-refractivity contribution in [2.45, 2.75) is 18.9 Å². The number of carboxylic acids is 1. The Kier molecular flexibility index (Phi) is 2.84. The van der Waals surface area contributed by atoms with Crippen LogP contribution in [0.4, 0.5) is 0 Å². The van der Waals surface area contributed by atoms with Crippen LogP contribution in [0.5, 0.6) is 0 Å². The molecule has 3 heteroatoms. The molecular weight excluding hydrogens is 240 g/mol. The third-order valence-electron chi connectivity index (χ3n) is 3.66. The van der Waals surface area contributed by atoms with E-state index in [1.54, 1.807) is 12.1 Å². The second-order valence-corrected chi connectivity index (χ2v) is 4.82. The van der Waals surface area contributed by atoms with Crippen molar-refractivity contribution in [2.24, 2.45) is 0 Å². The van der Waals surface area contributed by atoms with Gasteiger partial charge in [0.2, 0.25) is 0 Å². The number of hydrogen-bond acceptors (Lipinski definition) is 2. The van der Waals surface area contributed by atoms with Crippen molar-refractivity contribution < 1.29 is 15.0 Å². The van der Waals surface area contributed by atoms with E-state index in [1.807, 2.05) is 30.3 Å². The van der Waals surface area contributed by atoms with Crippen molar-refractivity contribution in [2.75, 3.05) is 0 Å². The van der Waals surface area contributed by atoms with Crippen molar-refractivity contribution >= 4 is 5.97 Å². The monoisotopic (exact) mass is 254 g/mol. The maximum Gasteiger partial charge on any atom is 0.336 e. The molecule has 96 valence electrons. The highest BCUT2D eigenvalue weighted by Crippen LogP contribution is 2.34. The van der Waals surface area contributed by atoms with E-state index >= 15 is 0 Å². The molecule has 1 unspecified atom stereocenters. The van der Waals surface area contributed by atoms with E-state index in [2.05, 4.69) is 0 Å². The number of carboxylic acid groups (broad SMARTS) is 1. The molecule has 0 aliphatic heterocycles. The lowest BCUT2D eigenvalue weighted by Crippen LogP contribution is -1.99. The Morgan fingerprint density at radius 2 is 1.95 bits per heavy atom. The Labute approximate surface area is 111 Å². The van der Waals surface area contributed by atoms with Crippen molar-refractivity contribution in [3.8, 4) is 11.1 Å². The first-order chi connectivity index (χ1) is 9.16. The van der Waals surface area contributed by atoms with Crippen LogP contribution in [0, 0.1) is 0 Å². The minimum absolute atomic E-state index is 0.306. The van der Waals surface area contributed by atoms with Gasteiger partial charge in [-0.15, -0.1) is 0 Å². The highest BCUT2D eigenvalue weighted by atomic mass is 16.4. The van der Waals surface area contributed by atoms with Crippen LogP contribution in [-0.2, 0) is 6.42 Å².